The summed E-state index contributed by atoms with van der Waals surface area (Å²) < 4.78 is 6.01. The summed E-state index contributed by atoms with van der Waals surface area (Å²) in [5, 5.41) is 20.2. The lowest BCUT2D eigenvalue weighted by Gasteiger charge is -2.18. The van der Waals surface area contributed by atoms with E-state index in [0.717, 1.165) is 23.3 Å². The molecule has 0 aliphatic rings. The number of benzene rings is 1. The topological polar surface area (TPSA) is 102 Å². The molecule has 0 aromatic heterocycles. The molecule has 1 rings (SSSR count). The van der Waals surface area contributed by atoms with Crippen molar-refractivity contribution in [3.63, 3.8) is 0 Å². The number of carbonyl (C=O) groups is 1. The number of rotatable bonds is 10. The first-order chi connectivity index (χ1) is 14.7. The lowest BCUT2D eigenvalue weighted by molar-refractivity contribution is -0.121. The normalized spacial score (nSPS) is 13.1. The molecule has 7 nitrogen and oxygen atoms in total. The van der Waals surface area contributed by atoms with Gasteiger partial charge in [-0.05, 0) is 43.0 Å². The minimum Gasteiger partial charge on any atom is -0.441 e. The van der Waals surface area contributed by atoms with E-state index >= 15 is 0 Å². The lowest BCUT2D eigenvalue weighted by atomic mass is 9.94. The van der Waals surface area contributed by atoms with Gasteiger partial charge in [0.2, 0.25) is 0 Å². The third kappa shape index (κ3) is 7.27. The molecule has 0 saturated carbocycles. The molecule has 0 spiro atoms. The van der Waals surface area contributed by atoms with E-state index in [9.17, 15) is 10.1 Å². The summed E-state index contributed by atoms with van der Waals surface area (Å²) in [4.78, 5) is 18.0. The van der Waals surface area contributed by atoms with Crippen LogP contribution >= 0.6 is 0 Å². The van der Waals surface area contributed by atoms with Crippen molar-refractivity contribution in [3.8, 4) is 11.8 Å². The van der Waals surface area contributed by atoms with Crippen LogP contribution < -0.4 is 10.1 Å². The average Bonchev–Trinajstić information content (AvgIpc) is 2.77. The Kier molecular flexibility index (Phi) is 9.93. The van der Waals surface area contributed by atoms with Gasteiger partial charge in [-0.15, -0.1) is 0 Å². The van der Waals surface area contributed by atoms with Crippen molar-refractivity contribution in [1.29, 1.82) is 10.7 Å². The van der Waals surface area contributed by atoms with Crippen LogP contribution in [-0.2, 0) is 4.79 Å². The number of nitriles is 1. The highest BCUT2D eigenvalue weighted by molar-refractivity contribution is 6.41. The Hall–Kier alpha value is -3.66. The van der Waals surface area contributed by atoms with Gasteiger partial charge in [0.05, 0.1) is 17.3 Å². The molecule has 1 aromatic rings. The Balaban J connectivity index is 3.55. The maximum Gasteiger partial charge on any atom is 0.271 e. The molecule has 1 atom stereocenters. The predicted molar refractivity (Wildman–Crippen MR) is 125 cm³/mol. The van der Waals surface area contributed by atoms with E-state index in [1.54, 1.807) is 51.6 Å². The molecule has 0 heterocycles. The Bertz CT molecular complexity index is 965. The predicted octanol–water partition coefficient (Wildman–Crippen LogP) is 4.03. The van der Waals surface area contributed by atoms with Gasteiger partial charge >= 0.3 is 0 Å². The van der Waals surface area contributed by atoms with Crippen LogP contribution in [0.25, 0.3) is 0 Å². The van der Waals surface area contributed by atoms with Crippen molar-refractivity contribution in [2.24, 2.45) is 10.9 Å². The second-order valence-corrected chi connectivity index (χ2v) is 7.20. The van der Waals surface area contributed by atoms with Gasteiger partial charge in [-0.25, -0.2) is 0 Å². The first-order valence-electron chi connectivity index (χ1n) is 9.97. The van der Waals surface area contributed by atoms with Crippen molar-refractivity contribution < 1.29 is 9.53 Å². The molecular weight excluding hydrogens is 390 g/mol. The van der Waals surface area contributed by atoms with E-state index < -0.39 is 5.91 Å². The number of ether oxygens (including phenoxy) is 1. The summed E-state index contributed by atoms with van der Waals surface area (Å²) in [5.41, 5.74) is 2.65. The zero-order valence-electron chi connectivity index (χ0n) is 19.1. The Morgan fingerprint density at radius 1 is 1.45 bits per heavy atom. The molecule has 2 N–H and O–H groups in total. The largest absolute Gasteiger partial charge is 0.441 e. The second kappa shape index (κ2) is 12.1. The first-order valence-corrected chi connectivity index (χ1v) is 9.97. The Labute approximate surface area is 184 Å². The molecule has 0 aliphatic carbocycles. The van der Waals surface area contributed by atoms with Gasteiger partial charge in [0.1, 0.15) is 11.5 Å². The van der Waals surface area contributed by atoms with Crippen molar-refractivity contribution >= 4 is 17.3 Å². The van der Waals surface area contributed by atoms with Crippen molar-refractivity contribution in [3.05, 3.63) is 65.7 Å². The monoisotopic (exact) mass is 421 g/mol. The number of carbonyl (C=O) groups excluding carboxylic acids is 1. The highest BCUT2D eigenvalue weighted by atomic mass is 16.5. The van der Waals surface area contributed by atoms with E-state index in [4.69, 9.17) is 10.1 Å². The van der Waals surface area contributed by atoms with E-state index in [1.165, 1.54) is 11.0 Å². The molecule has 1 aromatic carbocycles. The Morgan fingerprint density at radius 3 is 2.65 bits per heavy atom. The summed E-state index contributed by atoms with van der Waals surface area (Å²) in [6, 6.07) is 7.26. The van der Waals surface area contributed by atoms with Crippen molar-refractivity contribution in [2.45, 2.75) is 27.2 Å². The lowest BCUT2D eigenvalue weighted by Crippen LogP contribution is -2.29. The van der Waals surface area contributed by atoms with Crippen LogP contribution in [0.15, 0.2) is 59.6 Å². The third-order valence-electron chi connectivity index (χ3n) is 4.57. The summed E-state index contributed by atoms with van der Waals surface area (Å²) in [7, 11) is 4.78. The van der Waals surface area contributed by atoms with Gasteiger partial charge in [0, 0.05) is 39.0 Å². The van der Waals surface area contributed by atoms with E-state index in [1.807, 2.05) is 6.92 Å². The molecule has 164 valence electrons. The summed E-state index contributed by atoms with van der Waals surface area (Å²) in [5.74, 6) is 0.292. The average molecular weight is 422 g/mol. The van der Waals surface area contributed by atoms with Gasteiger partial charge in [0.25, 0.3) is 5.91 Å². The molecule has 1 amide bonds. The number of allylic oxidation sites excluding steroid dienone is 2. The van der Waals surface area contributed by atoms with Gasteiger partial charge in [-0.2, -0.15) is 5.26 Å². The van der Waals surface area contributed by atoms with Gasteiger partial charge in [0.15, 0.2) is 5.88 Å². The molecule has 0 radical (unpaired) electrons. The molecular formula is C24H31N5O2. The van der Waals surface area contributed by atoms with Crippen LogP contribution in [0.5, 0.6) is 5.75 Å². The van der Waals surface area contributed by atoms with Crippen molar-refractivity contribution in [1.82, 2.24) is 10.2 Å². The number of amides is 1. The van der Waals surface area contributed by atoms with Crippen LogP contribution in [-0.4, -0.2) is 43.4 Å². The van der Waals surface area contributed by atoms with Crippen LogP contribution in [0.1, 0.15) is 38.3 Å². The molecule has 0 aliphatic heterocycles. The number of aliphatic imine (C=N–C) groups is 1. The minimum atomic E-state index is -0.450. The SMILES string of the molecule is C=C/C(C)=C\N=C(\c1ccc(C#N)cc1O/C(=C/C(=N)C(=O)N(C)C)NC)C(C)CC. The molecule has 0 bridgehead atoms. The second-order valence-electron chi connectivity index (χ2n) is 7.20. The maximum atomic E-state index is 12.0. The molecule has 1 unspecified atom stereocenters. The van der Waals surface area contributed by atoms with Crippen LogP contribution in [0.2, 0.25) is 0 Å². The zero-order valence-corrected chi connectivity index (χ0v) is 19.1. The van der Waals surface area contributed by atoms with Gasteiger partial charge < -0.3 is 15.0 Å². The summed E-state index contributed by atoms with van der Waals surface area (Å²) in [6.45, 7) is 9.81. The zero-order chi connectivity index (χ0) is 23.6. The first kappa shape index (κ1) is 25.4. The fraction of sp³-hybridized carbons (Fsp3) is 0.333. The number of nitrogens with zero attached hydrogens (tertiary/aromatic N) is 3. The van der Waals surface area contributed by atoms with E-state index in [2.05, 4.69) is 36.8 Å². The van der Waals surface area contributed by atoms with Crippen molar-refractivity contribution in [2.75, 3.05) is 21.1 Å². The number of nitrogens with one attached hydrogen (secondary N) is 2. The standard InChI is InChI=1S/C24H31N5O2/c1-8-16(3)15-28-23(17(4)9-2)19-11-10-18(14-25)12-21(19)31-22(27-5)13-20(26)24(30)29(6)7/h8,10-13,15,17,26-27H,1,9H2,2-7H3/b16-15-,22-13+,26-20?,28-23+. The van der Waals surface area contributed by atoms with Gasteiger partial charge in [-0.3, -0.25) is 15.2 Å². The third-order valence-corrected chi connectivity index (χ3v) is 4.57. The fourth-order valence-electron chi connectivity index (χ4n) is 2.47. The molecule has 31 heavy (non-hydrogen) atoms. The molecule has 0 saturated heterocycles. The number of hydrogen-bond acceptors (Lipinski definition) is 6. The van der Waals surface area contributed by atoms with E-state index in [-0.39, 0.29) is 17.5 Å². The maximum absolute atomic E-state index is 12.0. The summed E-state index contributed by atoms with van der Waals surface area (Å²) >= 11 is 0. The highest BCUT2D eigenvalue weighted by Gasteiger charge is 2.18. The minimum absolute atomic E-state index is 0.125. The van der Waals surface area contributed by atoms with Crippen LogP contribution in [0.3, 0.4) is 0 Å². The molecule has 7 heteroatoms. The van der Waals surface area contributed by atoms with Crippen LogP contribution in [0, 0.1) is 22.7 Å². The smallest absolute Gasteiger partial charge is 0.271 e. The highest BCUT2D eigenvalue weighted by Crippen LogP contribution is 2.27. The molecule has 0 fully saturated rings. The summed E-state index contributed by atoms with van der Waals surface area (Å²) in [6.07, 6.45) is 5.64. The van der Waals surface area contributed by atoms with Crippen LogP contribution in [0.4, 0.5) is 0 Å². The number of hydrogen-bond donors (Lipinski definition) is 2. The Morgan fingerprint density at radius 2 is 2.13 bits per heavy atom. The fourth-order valence-corrected chi connectivity index (χ4v) is 2.47. The van der Waals surface area contributed by atoms with E-state index in [0.29, 0.717) is 11.3 Å². The quantitative estimate of drug-likeness (QED) is 0.338. The van der Waals surface area contributed by atoms with Gasteiger partial charge in [-0.1, -0.05) is 26.5 Å².